The van der Waals surface area contributed by atoms with Gasteiger partial charge in [-0.05, 0) is 0 Å². The van der Waals surface area contributed by atoms with Gasteiger partial charge >= 0.3 is 290 Å². The zero-order chi connectivity index (χ0) is 30.2. The average molecular weight is 1020 g/mol. The first-order valence-corrected chi connectivity index (χ1v) is 45.4. The molecule has 0 nitrogen and oxygen atoms in total. The molecule has 248 valence electrons. The van der Waals surface area contributed by atoms with Gasteiger partial charge in [-0.15, -0.1) is 0 Å². The van der Waals surface area contributed by atoms with Crippen LogP contribution in [0.4, 0.5) is 0 Å². The molecule has 0 heterocycles. The maximum Gasteiger partial charge on any atom is -1.00 e. The second-order valence-electron chi connectivity index (χ2n) is 15.7. The Morgan fingerprint density at radius 2 is 0.609 bits per heavy atom. The van der Waals surface area contributed by atoms with E-state index in [-0.39, 0.29) is 24.8 Å². The Kier molecular flexibility index (Phi) is 14.2. The summed E-state index contributed by atoms with van der Waals surface area (Å²) in [4.78, 5) is 0. The first-order chi connectivity index (χ1) is 21.5. The third kappa shape index (κ3) is 7.78. The molecule has 0 spiro atoms. The Hall–Kier alpha value is 0.674. The van der Waals surface area contributed by atoms with Crippen LogP contribution in [0, 0.1) is 0 Å². The summed E-state index contributed by atoms with van der Waals surface area (Å²) in [5.41, 5.74) is 14.8. The Labute approximate surface area is 311 Å². The monoisotopic (exact) mass is 1020 g/mol. The van der Waals surface area contributed by atoms with Gasteiger partial charge in [0.1, 0.15) is 0 Å². The van der Waals surface area contributed by atoms with E-state index in [2.05, 4.69) is 74.8 Å². The van der Waals surface area contributed by atoms with E-state index in [1.165, 1.54) is 103 Å². The van der Waals surface area contributed by atoms with E-state index in [0.717, 1.165) is 14.7 Å². The summed E-state index contributed by atoms with van der Waals surface area (Å²) >= 11 is -3.28. The van der Waals surface area contributed by atoms with Gasteiger partial charge in [0, 0.05) is 0 Å². The Balaban J connectivity index is 0.000000174. The molecule has 0 aromatic heterocycles. The van der Waals surface area contributed by atoms with Crippen molar-refractivity contribution in [2.75, 3.05) is 0 Å². The van der Waals surface area contributed by atoms with E-state index in [9.17, 15) is 0 Å². The topological polar surface area (TPSA) is 0 Å². The van der Waals surface area contributed by atoms with Gasteiger partial charge in [-0.25, -0.2) is 0 Å². The quantitative estimate of drug-likeness (QED) is 0.283. The van der Waals surface area contributed by atoms with Crippen LogP contribution >= 0.6 is 0 Å². The van der Waals surface area contributed by atoms with Crippen LogP contribution in [0.15, 0.2) is 93.2 Å². The van der Waals surface area contributed by atoms with Gasteiger partial charge in [-0.2, -0.15) is 0 Å². The van der Waals surface area contributed by atoms with Crippen LogP contribution < -0.4 is 24.8 Å². The largest absolute Gasteiger partial charge is 1.00 e. The number of halogens is 2. The minimum atomic E-state index is -1.64. The number of hydrogen-bond acceptors (Lipinski definition) is 0. The van der Waals surface area contributed by atoms with Crippen molar-refractivity contribution in [1.82, 2.24) is 0 Å². The van der Waals surface area contributed by atoms with Crippen LogP contribution in [0.3, 0.4) is 0 Å². The van der Waals surface area contributed by atoms with E-state index in [1.54, 1.807) is 22.3 Å². The smallest absolute Gasteiger partial charge is 1.00 e. The molecule has 0 amide bonds. The van der Waals surface area contributed by atoms with Gasteiger partial charge in [0.15, 0.2) is 0 Å². The molecule has 0 fully saturated rings. The van der Waals surface area contributed by atoms with Gasteiger partial charge in [0.2, 0.25) is 0 Å². The van der Waals surface area contributed by atoms with Crippen LogP contribution in [-0.4, -0.2) is 12.0 Å². The Morgan fingerprint density at radius 3 is 0.826 bits per heavy atom. The molecule has 4 unspecified atom stereocenters. The second-order valence-corrected chi connectivity index (χ2v) is 72.2. The summed E-state index contributed by atoms with van der Waals surface area (Å²) in [5.74, 6) is -0.966. The molecule has 0 radical (unpaired) electrons. The van der Waals surface area contributed by atoms with Crippen molar-refractivity contribution in [2.24, 2.45) is 0 Å². The van der Waals surface area contributed by atoms with E-state index in [1.807, 2.05) is 22.3 Å². The Morgan fingerprint density at radius 1 is 0.391 bits per heavy atom. The summed E-state index contributed by atoms with van der Waals surface area (Å²) in [6, 6.07) is 0. The molecule has 0 saturated carbocycles. The standard InChI is InChI=1S/4C9H11.2C2H7Si.2ClH.2Hf/c4*1-2-5-9-7-3-6-8(9)4-1;2*1-3-2;;;;/h4*3,6-7H,1-2,4-5H2;2*3H,1-2H3;2*1H;;/q;;;;;;;;2*+1/p-2. The Bertz CT molecular complexity index is 1180. The van der Waals surface area contributed by atoms with Gasteiger partial charge < -0.3 is 24.8 Å². The zero-order valence-corrected chi connectivity index (χ0v) is 40.2. The van der Waals surface area contributed by atoms with Crippen LogP contribution in [0.25, 0.3) is 0 Å². The predicted molar refractivity (Wildman–Crippen MR) is 191 cm³/mol. The van der Waals surface area contributed by atoms with Crippen molar-refractivity contribution in [2.45, 2.75) is 144 Å². The van der Waals surface area contributed by atoms with Gasteiger partial charge in [0.05, 0.1) is 0 Å². The number of rotatable bonds is 6. The fourth-order valence-electron chi connectivity index (χ4n) is 10.4. The average Bonchev–Trinajstić information content (AvgIpc) is 3.84. The fraction of sp³-hybridized carbons (Fsp3) is 0.600. The summed E-state index contributed by atoms with van der Waals surface area (Å²) in [6.45, 7) is 10.7. The van der Waals surface area contributed by atoms with Crippen molar-refractivity contribution < 1.29 is 66.0 Å². The first-order valence-electron chi connectivity index (χ1n) is 18.8. The number of allylic oxidation sites excluding steroid dienone is 16. The molecule has 8 rings (SSSR count). The minimum Gasteiger partial charge on any atom is -1.00 e. The summed E-state index contributed by atoms with van der Waals surface area (Å²) < 4.78 is 3.98. The molecular formula is C40H58Cl2Hf2Si2. The summed E-state index contributed by atoms with van der Waals surface area (Å²) in [7, 11) is 0. The predicted octanol–water partition coefficient (Wildman–Crippen LogP) is 6.10. The minimum absolute atomic E-state index is 0. The summed E-state index contributed by atoms with van der Waals surface area (Å²) in [5, 5.41) is 0. The first kappa shape index (κ1) is 37.9. The third-order valence-corrected chi connectivity index (χ3v) is 73.7. The summed E-state index contributed by atoms with van der Waals surface area (Å²) in [6.07, 6.45) is 43.9. The zero-order valence-electron chi connectivity index (χ0n) is 29.2. The third-order valence-electron chi connectivity index (χ3n) is 12.4. The SMILES string of the molecule is C[SiH](C)[Hf+]([CH]1C=CC2=C1CCCC2)[CH]1C=CC2=C1CCCC2.C[SiH](C)[Hf+]([CH]1C=CC2=C1CCCC2)[CH]1C=CC2=C1CCCC2.[Cl-].[Cl-]. The molecule has 4 atom stereocenters. The molecule has 0 saturated heterocycles. The molecule has 0 N–H and O–H groups in total. The van der Waals surface area contributed by atoms with E-state index in [4.69, 9.17) is 0 Å². The van der Waals surface area contributed by atoms with E-state index in [0.29, 0.717) is 0 Å². The van der Waals surface area contributed by atoms with Crippen LogP contribution in [-0.2, 0) is 41.2 Å². The molecular weight excluding hydrogens is 964 g/mol. The second kappa shape index (κ2) is 17.3. The van der Waals surface area contributed by atoms with Crippen molar-refractivity contribution >= 4 is 12.0 Å². The maximum absolute atomic E-state index is 2.69. The number of hydrogen-bond donors (Lipinski definition) is 0. The van der Waals surface area contributed by atoms with Gasteiger partial charge in [-0.3, -0.25) is 0 Å². The van der Waals surface area contributed by atoms with Crippen molar-refractivity contribution in [3.63, 3.8) is 0 Å². The van der Waals surface area contributed by atoms with Gasteiger partial charge in [0.25, 0.3) is 0 Å². The molecule has 0 aromatic rings. The molecule has 6 heteroatoms. The molecule has 0 aromatic carbocycles. The fourth-order valence-corrected chi connectivity index (χ4v) is 72.3. The van der Waals surface area contributed by atoms with Crippen LogP contribution in [0.1, 0.15) is 103 Å². The molecule has 46 heavy (non-hydrogen) atoms. The van der Waals surface area contributed by atoms with Crippen molar-refractivity contribution in [3.8, 4) is 0 Å². The van der Waals surface area contributed by atoms with E-state index < -0.39 is 53.2 Å². The van der Waals surface area contributed by atoms with Crippen LogP contribution in [0.2, 0.25) is 40.9 Å². The maximum atomic E-state index is 2.69. The van der Waals surface area contributed by atoms with Crippen molar-refractivity contribution in [1.29, 1.82) is 0 Å². The normalized spacial score (nSPS) is 29.0. The molecule has 0 bridgehead atoms. The van der Waals surface area contributed by atoms with Gasteiger partial charge in [-0.1, -0.05) is 0 Å². The van der Waals surface area contributed by atoms with Crippen LogP contribution in [0.5, 0.6) is 0 Å². The van der Waals surface area contributed by atoms with E-state index >= 15 is 0 Å². The van der Waals surface area contributed by atoms with Crippen molar-refractivity contribution in [3.05, 3.63) is 93.2 Å². The molecule has 0 aliphatic heterocycles. The molecule has 8 aliphatic carbocycles. The molecule has 8 aliphatic rings.